The Hall–Kier alpha value is -3.52. The summed E-state index contributed by atoms with van der Waals surface area (Å²) in [5, 5.41) is 7.03. The molecule has 2 aromatic carbocycles. The predicted octanol–water partition coefficient (Wildman–Crippen LogP) is 3.63. The number of aryl methyl sites for hydroxylation is 1. The molecule has 0 unspecified atom stereocenters. The lowest BCUT2D eigenvalue weighted by molar-refractivity contribution is -0.116. The van der Waals surface area contributed by atoms with Crippen LogP contribution in [0.1, 0.15) is 12.0 Å². The average molecular weight is 411 g/mol. The molecule has 0 aliphatic carbocycles. The zero-order chi connectivity index (χ0) is 21.7. The van der Waals surface area contributed by atoms with E-state index >= 15 is 0 Å². The fourth-order valence-electron chi connectivity index (χ4n) is 3.26. The van der Waals surface area contributed by atoms with Crippen LogP contribution < -0.4 is 25.3 Å². The number of aromatic nitrogens is 1. The molecule has 8 nitrogen and oxygen atoms in total. The highest BCUT2D eigenvalue weighted by molar-refractivity contribution is 5.94. The Morgan fingerprint density at radius 2 is 1.83 bits per heavy atom. The van der Waals surface area contributed by atoms with Crippen molar-refractivity contribution in [3.05, 3.63) is 42.2 Å². The standard InChI is InChI=1S/C22H25N3O5/c1-13-9-15(11-19(28-3)22(13)29-4)21-16(12-30-25-21)14-5-6-18(27-2)17(10-14)24-20(26)7-8-23/h5-6,9-12H,7-8,23H2,1-4H3,(H,24,26). The quantitative estimate of drug-likeness (QED) is 0.582. The number of nitrogens with zero attached hydrogens (tertiary/aromatic N) is 1. The Morgan fingerprint density at radius 1 is 1.07 bits per heavy atom. The Morgan fingerprint density at radius 3 is 2.50 bits per heavy atom. The average Bonchev–Trinajstić information content (AvgIpc) is 3.23. The molecule has 8 heteroatoms. The molecule has 158 valence electrons. The fraction of sp³-hybridized carbons (Fsp3) is 0.273. The van der Waals surface area contributed by atoms with Crippen LogP contribution in [-0.4, -0.2) is 38.9 Å². The van der Waals surface area contributed by atoms with Crippen molar-refractivity contribution in [2.45, 2.75) is 13.3 Å². The second kappa shape index (κ2) is 9.32. The molecule has 0 atom stereocenters. The van der Waals surface area contributed by atoms with E-state index in [1.165, 1.54) is 0 Å². The lowest BCUT2D eigenvalue weighted by atomic mass is 9.99. The number of nitrogens with two attached hydrogens (primary N) is 1. The smallest absolute Gasteiger partial charge is 0.225 e. The normalized spacial score (nSPS) is 10.6. The van der Waals surface area contributed by atoms with E-state index in [1.54, 1.807) is 33.7 Å². The van der Waals surface area contributed by atoms with Crippen molar-refractivity contribution in [1.29, 1.82) is 0 Å². The predicted molar refractivity (Wildman–Crippen MR) is 114 cm³/mol. The van der Waals surface area contributed by atoms with E-state index in [-0.39, 0.29) is 18.9 Å². The molecule has 1 heterocycles. The monoisotopic (exact) mass is 411 g/mol. The summed E-state index contributed by atoms with van der Waals surface area (Å²) in [7, 11) is 4.74. The van der Waals surface area contributed by atoms with E-state index in [1.807, 2.05) is 31.2 Å². The van der Waals surface area contributed by atoms with Gasteiger partial charge in [0, 0.05) is 24.1 Å². The Balaban J connectivity index is 2.05. The summed E-state index contributed by atoms with van der Waals surface area (Å²) in [5.74, 6) is 1.63. The zero-order valence-electron chi connectivity index (χ0n) is 17.4. The van der Waals surface area contributed by atoms with Crippen molar-refractivity contribution < 1.29 is 23.5 Å². The van der Waals surface area contributed by atoms with Crippen LogP contribution in [-0.2, 0) is 4.79 Å². The maximum Gasteiger partial charge on any atom is 0.225 e. The minimum absolute atomic E-state index is 0.186. The molecule has 30 heavy (non-hydrogen) atoms. The summed E-state index contributed by atoms with van der Waals surface area (Å²) in [4.78, 5) is 12.0. The Kier molecular flexibility index (Phi) is 6.58. The highest BCUT2D eigenvalue weighted by Crippen LogP contribution is 2.40. The maximum absolute atomic E-state index is 12.0. The molecule has 0 aliphatic rings. The van der Waals surface area contributed by atoms with Gasteiger partial charge >= 0.3 is 0 Å². The van der Waals surface area contributed by atoms with Crippen molar-refractivity contribution in [3.63, 3.8) is 0 Å². The summed E-state index contributed by atoms with van der Waals surface area (Å²) in [6.07, 6.45) is 1.78. The molecular formula is C22H25N3O5. The van der Waals surface area contributed by atoms with Crippen molar-refractivity contribution in [2.24, 2.45) is 5.73 Å². The van der Waals surface area contributed by atoms with Gasteiger partial charge in [-0.1, -0.05) is 11.2 Å². The molecule has 1 amide bonds. The summed E-state index contributed by atoms with van der Waals surface area (Å²) < 4.78 is 21.5. The van der Waals surface area contributed by atoms with Crippen LogP contribution in [0.15, 0.2) is 41.1 Å². The Bertz CT molecular complexity index is 1050. The van der Waals surface area contributed by atoms with Gasteiger partial charge in [0.15, 0.2) is 11.5 Å². The lowest BCUT2D eigenvalue weighted by Crippen LogP contribution is -2.16. The number of anilines is 1. The molecule has 0 bridgehead atoms. The topological polar surface area (TPSA) is 109 Å². The lowest BCUT2D eigenvalue weighted by Gasteiger charge is -2.13. The van der Waals surface area contributed by atoms with Crippen LogP contribution in [0.4, 0.5) is 5.69 Å². The molecule has 0 saturated carbocycles. The molecule has 3 aromatic rings. The number of methoxy groups -OCH3 is 3. The number of amides is 1. The highest BCUT2D eigenvalue weighted by atomic mass is 16.5. The number of rotatable bonds is 8. The van der Waals surface area contributed by atoms with Crippen LogP contribution in [0, 0.1) is 6.92 Å². The van der Waals surface area contributed by atoms with Crippen molar-refractivity contribution in [3.8, 4) is 39.6 Å². The highest BCUT2D eigenvalue weighted by Gasteiger charge is 2.18. The van der Waals surface area contributed by atoms with Gasteiger partial charge in [-0.05, 0) is 42.3 Å². The number of hydrogen-bond acceptors (Lipinski definition) is 7. The number of ether oxygens (including phenoxy) is 3. The molecule has 3 rings (SSSR count). The molecular weight excluding hydrogens is 386 g/mol. The van der Waals surface area contributed by atoms with Crippen molar-refractivity contribution in [2.75, 3.05) is 33.2 Å². The summed E-state index contributed by atoms with van der Waals surface area (Å²) >= 11 is 0. The minimum Gasteiger partial charge on any atom is -0.495 e. The SMILES string of the molecule is COc1ccc(-c2conc2-c2cc(C)c(OC)c(OC)c2)cc1NC(=O)CCN. The van der Waals surface area contributed by atoms with E-state index in [0.29, 0.717) is 28.6 Å². The molecule has 0 spiro atoms. The number of nitrogens with one attached hydrogen (secondary N) is 1. The first-order valence-corrected chi connectivity index (χ1v) is 9.38. The molecule has 0 aliphatic heterocycles. The Labute approximate surface area is 174 Å². The van der Waals surface area contributed by atoms with Crippen molar-refractivity contribution in [1.82, 2.24) is 5.16 Å². The zero-order valence-corrected chi connectivity index (χ0v) is 17.4. The van der Waals surface area contributed by atoms with Gasteiger partial charge in [-0.15, -0.1) is 0 Å². The van der Waals surface area contributed by atoms with Gasteiger partial charge in [0.25, 0.3) is 0 Å². The summed E-state index contributed by atoms with van der Waals surface area (Å²) in [5.41, 5.74) is 9.95. The maximum atomic E-state index is 12.0. The summed E-state index contributed by atoms with van der Waals surface area (Å²) in [6.45, 7) is 2.20. The van der Waals surface area contributed by atoms with Crippen LogP contribution in [0.25, 0.3) is 22.4 Å². The van der Waals surface area contributed by atoms with E-state index in [0.717, 1.165) is 22.3 Å². The van der Waals surface area contributed by atoms with Gasteiger partial charge < -0.3 is 29.8 Å². The second-order valence-corrected chi connectivity index (χ2v) is 6.61. The van der Waals surface area contributed by atoms with Gasteiger partial charge in [0.05, 0.1) is 27.0 Å². The van der Waals surface area contributed by atoms with E-state index < -0.39 is 0 Å². The van der Waals surface area contributed by atoms with Gasteiger partial charge in [-0.2, -0.15) is 0 Å². The van der Waals surface area contributed by atoms with Crippen molar-refractivity contribution >= 4 is 11.6 Å². The third kappa shape index (κ3) is 4.23. The van der Waals surface area contributed by atoms with Crippen LogP contribution in [0.3, 0.4) is 0 Å². The van der Waals surface area contributed by atoms with Gasteiger partial charge in [0.2, 0.25) is 5.91 Å². The second-order valence-electron chi connectivity index (χ2n) is 6.61. The van der Waals surface area contributed by atoms with E-state index in [2.05, 4.69) is 10.5 Å². The first-order valence-electron chi connectivity index (χ1n) is 9.38. The number of benzene rings is 2. The molecule has 0 radical (unpaired) electrons. The summed E-state index contributed by atoms with van der Waals surface area (Å²) in [6, 6.07) is 9.28. The van der Waals surface area contributed by atoms with Gasteiger partial charge in [0.1, 0.15) is 17.7 Å². The van der Waals surface area contributed by atoms with Crippen LogP contribution in [0.2, 0.25) is 0 Å². The third-order valence-corrected chi connectivity index (χ3v) is 4.66. The fourth-order valence-corrected chi connectivity index (χ4v) is 3.26. The molecule has 3 N–H and O–H groups in total. The first kappa shape index (κ1) is 21.2. The van der Waals surface area contributed by atoms with E-state index in [4.69, 9.17) is 24.5 Å². The number of carbonyl (C=O) groups is 1. The van der Waals surface area contributed by atoms with E-state index in [9.17, 15) is 4.79 Å². The van der Waals surface area contributed by atoms with Gasteiger partial charge in [-0.25, -0.2) is 0 Å². The first-order chi connectivity index (χ1) is 14.5. The molecule has 0 saturated heterocycles. The molecule has 0 fully saturated rings. The van der Waals surface area contributed by atoms with Crippen LogP contribution in [0.5, 0.6) is 17.2 Å². The van der Waals surface area contributed by atoms with Gasteiger partial charge in [-0.3, -0.25) is 4.79 Å². The minimum atomic E-state index is -0.186. The largest absolute Gasteiger partial charge is 0.495 e. The third-order valence-electron chi connectivity index (χ3n) is 4.66. The van der Waals surface area contributed by atoms with Crippen LogP contribution >= 0.6 is 0 Å². The number of carbonyl (C=O) groups excluding carboxylic acids is 1. The number of hydrogen-bond donors (Lipinski definition) is 2. The molecule has 1 aromatic heterocycles.